The Labute approximate surface area is 98.9 Å². The number of amides is 1. The Balaban J connectivity index is 2.43. The second kappa shape index (κ2) is 5.67. The molecule has 16 heavy (non-hydrogen) atoms. The van der Waals surface area contributed by atoms with Gasteiger partial charge in [-0.2, -0.15) is 0 Å². The van der Waals surface area contributed by atoms with Crippen LogP contribution in [0.3, 0.4) is 0 Å². The van der Waals surface area contributed by atoms with Crippen LogP contribution in [0.25, 0.3) is 0 Å². The molecule has 0 bridgehead atoms. The topological polar surface area (TPSA) is 38.3 Å². The summed E-state index contributed by atoms with van der Waals surface area (Å²) in [4.78, 5) is 12.1. The lowest BCUT2D eigenvalue weighted by Gasteiger charge is -2.30. The second-order valence-electron chi connectivity index (χ2n) is 5.84. The SMILES string of the molecule is CC(C)CC(C)(C)C(=O)NC1CCOCC1. The molecule has 3 nitrogen and oxygen atoms in total. The van der Waals surface area contributed by atoms with Crippen LogP contribution in [0, 0.1) is 11.3 Å². The Morgan fingerprint density at radius 2 is 1.94 bits per heavy atom. The Morgan fingerprint density at radius 1 is 1.38 bits per heavy atom. The van der Waals surface area contributed by atoms with E-state index in [0.29, 0.717) is 12.0 Å². The lowest BCUT2D eigenvalue weighted by Crippen LogP contribution is -2.45. The van der Waals surface area contributed by atoms with Crippen LogP contribution in [0.1, 0.15) is 47.0 Å². The second-order valence-corrected chi connectivity index (χ2v) is 5.84. The molecule has 94 valence electrons. The highest BCUT2D eigenvalue weighted by Gasteiger charge is 2.30. The van der Waals surface area contributed by atoms with Crippen molar-refractivity contribution in [1.82, 2.24) is 5.32 Å². The summed E-state index contributed by atoms with van der Waals surface area (Å²) in [6.45, 7) is 9.92. The summed E-state index contributed by atoms with van der Waals surface area (Å²) in [6.07, 6.45) is 2.83. The highest BCUT2D eigenvalue weighted by atomic mass is 16.5. The van der Waals surface area contributed by atoms with Gasteiger partial charge in [-0.05, 0) is 25.2 Å². The Hall–Kier alpha value is -0.570. The lowest BCUT2D eigenvalue weighted by atomic mass is 9.83. The summed E-state index contributed by atoms with van der Waals surface area (Å²) >= 11 is 0. The molecule has 0 saturated carbocycles. The van der Waals surface area contributed by atoms with E-state index in [1.54, 1.807) is 0 Å². The molecule has 0 aromatic heterocycles. The van der Waals surface area contributed by atoms with Gasteiger partial charge in [0.2, 0.25) is 5.91 Å². The van der Waals surface area contributed by atoms with Gasteiger partial charge < -0.3 is 10.1 Å². The number of hydrogen-bond donors (Lipinski definition) is 1. The molecule has 0 spiro atoms. The summed E-state index contributed by atoms with van der Waals surface area (Å²) in [7, 11) is 0. The fraction of sp³-hybridized carbons (Fsp3) is 0.923. The highest BCUT2D eigenvalue weighted by Crippen LogP contribution is 2.26. The third-order valence-corrected chi connectivity index (χ3v) is 3.09. The van der Waals surface area contributed by atoms with Crippen LogP contribution < -0.4 is 5.32 Å². The Kier molecular flexibility index (Phi) is 4.78. The van der Waals surface area contributed by atoms with Crippen LogP contribution in [0.5, 0.6) is 0 Å². The van der Waals surface area contributed by atoms with Crippen molar-refractivity contribution < 1.29 is 9.53 Å². The highest BCUT2D eigenvalue weighted by molar-refractivity contribution is 5.82. The van der Waals surface area contributed by atoms with Crippen molar-refractivity contribution in [3.63, 3.8) is 0 Å². The average Bonchev–Trinajstić information content (AvgIpc) is 2.17. The predicted octanol–water partition coefficient (Wildman–Crippen LogP) is 2.35. The summed E-state index contributed by atoms with van der Waals surface area (Å²) in [5.41, 5.74) is -0.257. The van der Waals surface area contributed by atoms with Crippen LogP contribution in [0.4, 0.5) is 0 Å². The molecule has 1 heterocycles. The first kappa shape index (κ1) is 13.5. The largest absolute Gasteiger partial charge is 0.381 e. The Bertz CT molecular complexity index is 230. The van der Waals surface area contributed by atoms with Crippen LogP contribution >= 0.6 is 0 Å². The van der Waals surface area contributed by atoms with Gasteiger partial charge in [0.1, 0.15) is 0 Å². The molecule has 3 heteroatoms. The van der Waals surface area contributed by atoms with Gasteiger partial charge in [-0.15, -0.1) is 0 Å². The quantitative estimate of drug-likeness (QED) is 0.800. The summed E-state index contributed by atoms with van der Waals surface area (Å²) in [6, 6.07) is 0.313. The number of carbonyl (C=O) groups excluding carboxylic acids is 1. The molecule has 0 aromatic rings. The zero-order valence-corrected chi connectivity index (χ0v) is 11.0. The van der Waals surface area contributed by atoms with Crippen molar-refractivity contribution in [2.24, 2.45) is 11.3 Å². The lowest BCUT2D eigenvalue weighted by molar-refractivity contribution is -0.131. The number of ether oxygens (including phenoxy) is 1. The summed E-state index contributed by atoms with van der Waals surface area (Å²) in [5, 5.41) is 3.15. The zero-order valence-electron chi connectivity index (χ0n) is 11.0. The predicted molar refractivity (Wildman–Crippen MR) is 65.2 cm³/mol. The molecule has 1 N–H and O–H groups in total. The molecule has 0 atom stereocenters. The van der Waals surface area contributed by atoms with Gasteiger partial charge in [0.15, 0.2) is 0 Å². The summed E-state index contributed by atoms with van der Waals surface area (Å²) in [5.74, 6) is 0.739. The molecule has 1 aliphatic rings. The maximum absolute atomic E-state index is 12.1. The molecule has 1 saturated heterocycles. The van der Waals surface area contributed by atoms with Gasteiger partial charge in [-0.3, -0.25) is 4.79 Å². The van der Waals surface area contributed by atoms with Gasteiger partial charge >= 0.3 is 0 Å². The molecule has 0 unspecified atom stereocenters. The van der Waals surface area contributed by atoms with Gasteiger partial charge in [0, 0.05) is 24.7 Å². The fourth-order valence-corrected chi connectivity index (χ4v) is 2.34. The van der Waals surface area contributed by atoms with E-state index in [2.05, 4.69) is 19.2 Å². The van der Waals surface area contributed by atoms with Gasteiger partial charge in [-0.1, -0.05) is 27.7 Å². The minimum absolute atomic E-state index is 0.188. The molecule has 0 radical (unpaired) electrons. The molecule has 0 aliphatic carbocycles. The van der Waals surface area contributed by atoms with Gasteiger partial charge in [0.05, 0.1) is 0 Å². The number of rotatable bonds is 4. The monoisotopic (exact) mass is 227 g/mol. The van der Waals surface area contributed by atoms with E-state index in [1.807, 2.05) is 13.8 Å². The van der Waals surface area contributed by atoms with E-state index in [9.17, 15) is 4.79 Å². The molecular weight excluding hydrogens is 202 g/mol. The maximum Gasteiger partial charge on any atom is 0.225 e. The zero-order chi connectivity index (χ0) is 12.2. The van der Waals surface area contributed by atoms with E-state index >= 15 is 0 Å². The average molecular weight is 227 g/mol. The van der Waals surface area contributed by atoms with Crippen LogP contribution in [0.15, 0.2) is 0 Å². The van der Waals surface area contributed by atoms with Gasteiger partial charge in [0.25, 0.3) is 0 Å². The third kappa shape index (κ3) is 4.12. The van der Waals surface area contributed by atoms with Crippen LogP contribution in [0.2, 0.25) is 0 Å². The van der Waals surface area contributed by atoms with Crippen molar-refractivity contribution in [2.45, 2.75) is 53.0 Å². The van der Waals surface area contributed by atoms with Crippen molar-refractivity contribution in [3.8, 4) is 0 Å². The first-order valence-electron chi connectivity index (χ1n) is 6.30. The molecule has 0 aromatic carbocycles. The summed E-state index contributed by atoms with van der Waals surface area (Å²) < 4.78 is 5.28. The van der Waals surface area contributed by atoms with E-state index in [-0.39, 0.29) is 11.3 Å². The normalized spacial score (nSPS) is 18.8. The first-order chi connectivity index (χ1) is 7.42. The van der Waals surface area contributed by atoms with E-state index in [0.717, 1.165) is 32.5 Å². The minimum atomic E-state index is -0.257. The number of hydrogen-bond acceptors (Lipinski definition) is 2. The van der Waals surface area contributed by atoms with E-state index in [4.69, 9.17) is 4.74 Å². The number of carbonyl (C=O) groups is 1. The third-order valence-electron chi connectivity index (χ3n) is 3.09. The fourth-order valence-electron chi connectivity index (χ4n) is 2.34. The van der Waals surface area contributed by atoms with Crippen LogP contribution in [-0.2, 0) is 9.53 Å². The van der Waals surface area contributed by atoms with E-state index in [1.165, 1.54) is 0 Å². The molecule has 1 rings (SSSR count). The molecular formula is C13H25NO2. The Morgan fingerprint density at radius 3 is 2.44 bits per heavy atom. The first-order valence-corrected chi connectivity index (χ1v) is 6.30. The minimum Gasteiger partial charge on any atom is -0.381 e. The van der Waals surface area contributed by atoms with Crippen molar-refractivity contribution in [2.75, 3.05) is 13.2 Å². The molecule has 1 amide bonds. The maximum atomic E-state index is 12.1. The van der Waals surface area contributed by atoms with Crippen molar-refractivity contribution >= 4 is 5.91 Å². The molecule has 1 aliphatic heterocycles. The number of nitrogens with one attached hydrogen (secondary N) is 1. The van der Waals surface area contributed by atoms with Crippen molar-refractivity contribution in [1.29, 1.82) is 0 Å². The van der Waals surface area contributed by atoms with E-state index < -0.39 is 0 Å². The smallest absolute Gasteiger partial charge is 0.225 e. The standard InChI is InChI=1S/C13H25NO2/c1-10(2)9-13(3,4)12(15)14-11-5-7-16-8-6-11/h10-11H,5-9H2,1-4H3,(H,14,15). The van der Waals surface area contributed by atoms with Crippen molar-refractivity contribution in [3.05, 3.63) is 0 Å². The molecule has 1 fully saturated rings. The van der Waals surface area contributed by atoms with Gasteiger partial charge in [-0.25, -0.2) is 0 Å². The van der Waals surface area contributed by atoms with Crippen LogP contribution in [-0.4, -0.2) is 25.2 Å².